The first kappa shape index (κ1) is 21.7. The average Bonchev–Trinajstić information content (AvgIpc) is 3.36. The normalized spacial score (nSPS) is 18.0. The molecule has 1 unspecified atom stereocenters. The minimum atomic E-state index is 0.477. The van der Waals surface area contributed by atoms with Gasteiger partial charge >= 0.3 is 0 Å². The third-order valence-corrected chi connectivity index (χ3v) is 6.61. The summed E-state index contributed by atoms with van der Waals surface area (Å²) in [5, 5.41) is 6.85. The van der Waals surface area contributed by atoms with E-state index in [1.807, 2.05) is 12.1 Å². The van der Waals surface area contributed by atoms with E-state index in [2.05, 4.69) is 57.7 Å². The predicted octanol–water partition coefficient (Wildman–Crippen LogP) is 4.36. The Bertz CT molecular complexity index is 1100. The van der Waals surface area contributed by atoms with Gasteiger partial charge in [0.05, 0.1) is 12.8 Å². The van der Waals surface area contributed by atoms with E-state index in [1.165, 1.54) is 24.0 Å². The zero-order valence-corrected chi connectivity index (χ0v) is 19.8. The van der Waals surface area contributed by atoms with Crippen LogP contribution in [-0.2, 0) is 19.5 Å². The van der Waals surface area contributed by atoms with Crippen molar-refractivity contribution >= 4 is 34.9 Å². The van der Waals surface area contributed by atoms with Crippen LogP contribution in [0.4, 0.5) is 17.6 Å². The fourth-order valence-electron chi connectivity index (χ4n) is 4.62. The number of benzene rings is 1. The smallest absolute Gasteiger partial charge is 0.232 e. The van der Waals surface area contributed by atoms with Crippen molar-refractivity contribution in [2.45, 2.75) is 39.3 Å². The highest BCUT2D eigenvalue weighted by atomic mass is 32.1. The van der Waals surface area contributed by atoms with Gasteiger partial charge in [0.15, 0.2) is 5.11 Å². The molecule has 1 aromatic carbocycles. The molecule has 8 heteroatoms. The first-order chi connectivity index (χ1) is 16.1. The molecule has 5 rings (SSSR count). The first-order valence-corrected chi connectivity index (χ1v) is 12.1. The molecule has 2 aliphatic rings. The van der Waals surface area contributed by atoms with Crippen molar-refractivity contribution in [2.75, 3.05) is 34.8 Å². The number of furan rings is 1. The Labute approximate surface area is 200 Å². The lowest BCUT2D eigenvalue weighted by molar-refractivity contribution is 0.444. The molecule has 0 aliphatic carbocycles. The van der Waals surface area contributed by atoms with Crippen LogP contribution in [0.5, 0.6) is 0 Å². The number of rotatable bonds is 5. The SMILES string of the molecule is CC1CCCN(c2cc(N3CCc4ccccc4C3)nc(NC(=S)NCc3ccco3)n2)C1. The van der Waals surface area contributed by atoms with Crippen LogP contribution < -0.4 is 20.4 Å². The van der Waals surface area contributed by atoms with E-state index in [-0.39, 0.29) is 0 Å². The number of hydrogen-bond acceptors (Lipinski definition) is 6. The van der Waals surface area contributed by atoms with Gasteiger partial charge in [-0.2, -0.15) is 9.97 Å². The standard InChI is InChI=1S/C25H30N6OS/c1-18-6-4-11-30(16-18)22-14-23(31-12-10-19-7-2-3-8-20(19)17-31)28-24(27-22)29-25(33)26-15-21-9-5-13-32-21/h2-3,5,7-9,13-14,18H,4,6,10-12,15-17H2,1H3,(H2,26,27,28,29,33). The van der Waals surface area contributed by atoms with Crippen LogP contribution in [0.25, 0.3) is 0 Å². The van der Waals surface area contributed by atoms with E-state index in [4.69, 9.17) is 26.6 Å². The molecule has 2 aliphatic heterocycles. The summed E-state index contributed by atoms with van der Waals surface area (Å²) in [6, 6.07) is 14.6. The van der Waals surface area contributed by atoms with Crippen molar-refractivity contribution in [1.82, 2.24) is 15.3 Å². The first-order valence-electron chi connectivity index (χ1n) is 11.7. The van der Waals surface area contributed by atoms with E-state index in [0.717, 1.165) is 50.0 Å². The van der Waals surface area contributed by atoms with Crippen LogP contribution in [0.2, 0.25) is 0 Å². The number of piperidine rings is 1. The van der Waals surface area contributed by atoms with Crippen LogP contribution in [-0.4, -0.2) is 34.7 Å². The second kappa shape index (κ2) is 9.79. The van der Waals surface area contributed by atoms with Crippen LogP contribution in [0.1, 0.15) is 36.7 Å². The molecule has 2 aromatic heterocycles. The molecule has 1 atom stereocenters. The quantitative estimate of drug-likeness (QED) is 0.542. The molecule has 1 saturated heterocycles. The molecule has 0 amide bonds. The van der Waals surface area contributed by atoms with Gasteiger partial charge in [-0.3, -0.25) is 0 Å². The summed E-state index contributed by atoms with van der Waals surface area (Å²) in [5.74, 6) is 3.90. The van der Waals surface area contributed by atoms with Gasteiger partial charge in [-0.15, -0.1) is 0 Å². The van der Waals surface area contributed by atoms with Crippen molar-refractivity contribution in [3.8, 4) is 0 Å². The monoisotopic (exact) mass is 462 g/mol. The molecule has 7 nitrogen and oxygen atoms in total. The zero-order valence-electron chi connectivity index (χ0n) is 19.0. The number of anilines is 3. The fourth-order valence-corrected chi connectivity index (χ4v) is 4.78. The summed E-state index contributed by atoms with van der Waals surface area (Å²) in [6.07, 6.45) is 5.12. The van der Waals surface area contributed by atoms with Gasteiger partial charge in [0.1, 0.15) is 17.4 Å². The Morgan fingerprint density at radius 2 is 1.91 bits per heavy atom. The van der Waals surface area contributed by atoms with E-state index in [1.54, 1.807) is 6.26 Å². The maximum absolute atomic E-state index is 5.51. The van der Waals surface area contributed by atoms with Crippen molar-refractivity contribution in [2.24, 2.45) is 5.92 Å². The molecule has 0 saturated carbocycles. The van der Waals surface area contributed by atoms with Gasteiger partial charge < -0.3 is 24.9 Å². The van der Waals surface area contributed by atoms with E-state index < -0.39 is 0 Å². The Balaban J connectivity index is 1.38. The maximum Gasteiger partial charge on any atom is 0.232 e. The number of thiocarbonyl (C=S) groups is 1. The molecular formula is C25H30N6OS. The van der Waals surface area contributed by atoms with Gasteiger partial charge in [0.2, 0.25) is 5.95 Å². The van der Waals surface area contributed by atoms with Crippen molar-refractivity contribution < 1.29 is 4.42 Å². The van der Waals surface area contributed by atoms with Gasteiger partial charge in [0, 0.05) is 32.2 Å². The Morgan fingerprint density at radius 3 is 2.70 bits per heavy atom. The van der Waals surface area contributed by atoms with Gasteiger partial charge in [-0.05, 0) is 60.7 Å². The largest absolute Gasteiger partial charge is 0.467 e. The Hall–Kier alpha value is -3.13. The summed E-state index contributed by atoms with van der Waals surface area (Å²) >= 11 is 5.51. The molecule has 172 valence electrons. The number of aromatic nitrogens is 2. The van der Waals surface area contributed by atoms with E-state index in [0.29, 0.717) is 23.5 Å². The maximum atomic E-state index is 5.51. The molecule has 1 fully saturated rings. The van der Waals surface area contributed by atoms with Crippen molar-refractivity contribution in [1.29, 1.82) is 0 Å². The molecule has 4 heterocycles. The van der Waals surface area contributed by atoms with Crippen LogP contribution in [0.3, 0.4) is 0 Å². The summed E-state index contributed by atoms with van der Waals surface area (Å²) < 4.78 is 5.38. The zero-order chi connectivity index (χ0) is 22.6. The van der Waals surface area contributed by atoms with Gasteiger partial charge in [0.25, 0.3) is 0 Å². The summed E-state index contributed by atoms with van der Waals surface area (Å²) in [4.78, 5) is 14.4. The number of nitrogens with one attached hydrogen (secondary N) is 2. The molecular weight excluding hydrogens is 432 g/mol. The Kier molecular flexibility index (Phi) is 6.44. The summed E-state index contributed by atoms with van der Waals surface area (Å²) in [7, 11) is 0. The minimum absolute atomic E-state index is 0.477. The van der Waals surface area contributed by atoms with Crippen molar-refractivity contribution in [3.63, 3.8) is 0 Å². The summed E-state index contributed by atoms with van der Waals surface area (Å²) in [5.41, 5.74) is 2.79. The highest BCUT2D eigenvalue weighted by Crippen LogP contribution is 2.29. The lowest BCUT2D eigenvalue weighted by atomic mass is 10.00. The van der Waals surface area contributed by atoms with Gasteiger partial charge in [-0.25, -0.2) is 0 Å². The summed E-state index contributed by atoms with van der Waals surface area (Å²) in [6.45, 7) is 6.64. The predicted molar refractivity (Wildman–Crippen MR) is 136 cm³/mol. The molecule has 2 N–H and O–H groups in total. The molecule has 0 spiro atoms. The lowest BCUT2D eigenvalue weighted by Gasteiger charge is -2.34. The van der Waals surface area contributed by atoms with Crippen LogP contribution in [0, 0.1) is 5.92 Å². The Morgan fingerprint density at radius 1 is 1.09 bits per heavy atom. The van der Waals surface area contributed by atoms with Crippen LogP contribution in [0.15, 0.2) is 53.1 Å². The highest BCUT2D eigenvalue weighted by Gasteiger charge is 2.23. The molecule has 0 bridgehead atoms. The average molecular weight is 463 g/mol. The van der Waals surface area contributed by atoms with Crippen LogP contribution >= 0.6 is 12.2 Å². The highest BCUT2D eigenvalue weighted by molar-refractivity contribution is 7.80. The molecule has 3 aromatic rings. The fraction of sp³-hybridized carbons (Fsp3) is 0.400. The van der Waals surface area contributed by atoms with E-state index in [9.17, 15) is 0 Å². The molecule has 33 heavy (non-hydrogen) atoms. The lowest BCUT2D eigenvalue weighted by Crippen LogP contribution is -2.36. The minimum Gasteiger partial charge on any atom is -0.467 e. The number of fused-ring (bicyclic) bond motifs is 1. The van der Waals surface area contributed by atoms with Gasteiger partial charge in [-0.1, -0.05) is 31.2 Å². The topological polar surface area (TPSA) is 69.5 Å². The number of hydrogen-bond donors (Lipinski definition) is 2. The van der Waals surface area contributed by atoms with Crippen molar-refractivity contribution in [3.05, 3.63) is 65.6 Å². The second-order valence-electron chi connectivity index (χ2n) is 8.93. The molecule has 0 radical (unpaired) electrons. The third kappa shape index (κ3) is 5.27. The third-order valence-electron chi connectivity index (χ3n) is 6.36. The second-order valence-corrected chi connectivity index (χ2v) is 9.34. The van der Waals surface area contributed by atoms with E-state index >= 15 is 0 Å². The number of nitrogens with zero attached hydrogens (tertiary/aromatic N) is 4.